The Morgan fingerprint density at radius 2 is 1.95 bits per heavy atom. The van der Waals surface area contributed by atoms with Crippen LogP contribution in [0.4, 0.5) is 4.79 Å². The molecule has 2 rings (SSSR count). The predicted molar refractivity (Wildman–Crippen MR) is 84.2 cm³/mol. The van der Waals surface area contributed by atoms with E-state index in [4.69, 9.17) is 0 Å². The van der Waals surface area contributed by atoms with Gasteiger partial charge in [0.05, 0.1) is 12.1 Å². The molecule has 116 valence electrons. The lowest BCUT2D eigenvalue weighted by Crippen LogP contribution is -2.50. The summed E-state index contributed by atoms with van der Waals surface area (Å²) < 4.78 is 0. The van der Waals surface area contributed by atoms with E-state index in [9.17, 15) is 9.90 Å². The van der Waals surface area contributed by atoms with E-state index in [2.05, 4.69) is 37.4 Å². The number of rotatable bonds is 2. The quantitative estimate of drug-likeness (QED) is 0.880. The average molecular weight is 290 g/mol. The van der Waals surface area contributed by atoms with E-state index >= 15 is 0 Å². The van der Waals surface area contributed by atoms with Gasteiger partial charge in [-0.2, -0.15) is 0 Å². The van der Waals surface area contributed by atoms with Gasteiger partial charge in [-0.25, -0.2) is 4.79 Å². The monoisotopic (exact) mass is 290 g/mol. The van der Waals surface area contributed by atoms with Gasteiger partial charge in [0, 0.05) is 13.1 Å². The van der Waals surface area contributed by atoms with Crippen LogP contribution in [0.15, 0.2) is 18.2 Å². The fourth-order valence-corrected chi connectivity index (χ4v) is 2.85. The fourth-order valence-electron chi connectivity index (χ4n) is 2.85. The molecule has 2 N–H and O–H groups in total. The molecule has 1 aromatic carbocycles. The minimum atomic E-state index is -0.416. The average Bonchev–Trinajstić information content (AvgIpc) is 2.40. The lowest BCUT2D eigenvalue weighted by atomic mass is 9.96. The standard InChI is InChI=1S/C17H26N2O2/c1-11-7-12(2)9-15(8-11)14(4)18-17(21)19-6-5-13(3)16(20)10-19/h7-9,13-14,16,20H,5-6,10H2,1-4H3,(H,18,21). The number of nitrogens with zero attached hydrogens (tertiary/aromatic N) is 1. The molecule has 1 aliphatic heterocycles. The summed E-state index contributed by atoms with van der Waals surface area (Å²) in [6.07, 6.45) is 0.438. The largest absolute Gasteiger partial charge is 0.391 e. The summed E-state index contributed by atoms with van der Waals surface area (Å²) in [5.74, 6) is 0.269. The minimum absolute atomic E-state index is 0.0346. The van der Waals surface area contributed by atoms with Crippen LogP contribution in [0.5, 0.6) is 0 Å². The van der Waals surface area contributed by atoms with Gasteiger partial charge in [-0.1, -0.05) is 36.2 Å². The highest BCUT2D eigenvalue weighted by molar-refractivity contribution is 5.74. The third-order valence-electron chi connectivity index (χ3n) is 4.29. The van der Waals surface area contributed by atoms with E-state index in [1.807, 2.05) is 13.8 Å². The molecule has 1 aromatic rings. The molecule has 0 aliphatic carbocycles. The number of aliphatic hydroxyl groups excluding tert-OH is 1. The Morgan fingerprint density at radius 1 is 1.33 bits per heavy atom. The van der Waals surface area contributed by atoms with Gasteiger partial charge in [0.25, 0.3) is 0 Å². The number of hydrogen-bond acceptors (Lipinski definition) is 2. The number of amides is 2. The maximum Gasteiger partial charge on any atom is 0.317 e. The van der Waals surface area contributed by atoms with Crippen LogP contribution in [0.3, 0.4) is 0 Å². The number of aliphatic hydroxyl groups is 1. The first-order valence-corrected chi connectivity index (χ1v) is 7.68. The van der Waals surface area contributed by atoms with Crippen molar-refractivity contribution in [1.29, 1.82) is 0 Å². The van der Waals surface area contributed by atoms with Crippen molar-refractivity contribution in [3.8, 4) is 0 Å². The van der Waals surface area contributed by atoms with Crippen molar-refractivity contribution >= 4 is 6.03 Å². The molecule has 4 nitrogen and oxygen atoms in total. The number of urea groups is 1. The summed E-state index contributed by atoms with van der Waals surface area (Å²) in [4.78, 5) is 14.0. The van der Waals surface area contributed by atoms with Gasteiger partial charge >= 0.3 is 6.03 Å². The highest BCUT2D eigenvalue weighted by Gasteiger charge is 2.27. The van der Waals surface area contributed by atoms with E-state index < -0.39 is 6.10 Å². The first kappa shape index (κ1) is 15.8. The van der Waals surface area contributed by atoms with Crippen LogP contribution >= 0.6 is 0 Å². The van der Waals surface area contributed by atoms with Crippen LogP contribution in [0.1, 0.15) is 43.0 Å². The van der Waals surface area contributed by atoms with E-state index in [0.717, 1.165) is 12.0 Å². The number of aryl methyl sites for hydroxylation is 2. The molecular formula is C17H26N2O2. The smallest absolute Gasteiger partial charge is 0.317 e. The highest BCUT2D eigenvalue weighted by Crippen LogP contribution is 2.19. The van der Waals surface area contributed by atoms with Crippen LogP contribution in [-0.2, 0) is 0 Å². The van der Waals surface area contributed by atoms with Crippen LogP contribution in [0.2, 0.25) is 0 Å². The van der Waals surface area contributed by atoms with E-state index in [-0.39, 0.29) is 18.0 Å². The number of β-amino-alcohol motifs (C(OH)–C–C–N with tert-alkyl or cyclic N) is 1. The summed E-state index contributed by atoms with van der Waals surface area (Å²) >= 11 is 0. The normalized spacial score (nSPS) is 23.8. The molecule has 1 heterocycles. The lowest BCUT2D eigenvalue weighted by molar-refractivity contribution is 0.0431. The Hall–Kier alpha value is -1.55. The van der Waals surface area contributed by atoms with Crippen LogP contribution in [-0.4, -0.2) is 35.2 Å². The van der Waals surface area contributed by atoms with Gasteiger partial charge in [-0.3, -0.25) is 0 Å². The van der Waals surface area contributed by atoms with Gasteiger partial charge in [-0.15, -0.1) is 0 Å². The first-order chi connectivity index (χ1) is 9.86. The SMILES string of the molecule is Cc1cc(C)cc(C(C)NC(=O)N2CCC(C)C(O)C2)c1. The van der Waals surface area contributed by atoms with E-state index in [0.29, 0.717) is 13.1 Å². The second-order valence-electron chi connectivity index (χ2n) is 6.37. The molecule has 3 unspecified atom stereocenters. The third kappa shape index (κ3) is 3.97. The van der Waals surface area contributed by atoms with Gasteiger partial charge in [0.15, 0.2) is 0 Å². The number of carbonyl (C=O) groups is 1. The molecule has 1 saturated heterocycles. The third-order valence-corrected chi connectivity index (χ3v) is 4.29. The fraction of sp³-hybridized carbons (Fsp3) is 0.588. The molecule has 4 heteroatoms. The zero-order valence-electron chi connectivity index (χ0n) is 13.4. The van der Waals surface area contributed by atoms with Crippen molar-refractivity contribution < 1.29 is 9.90 Å². The molecule has 0 radical (unpaired) electrons. The maximum absolute atomic E-state index is 12.3. The van der Waals surface area contributed by atoms with Crippen molar-refractivity contribution in [2.75, 3.05) is 13.1 Å². The van der Waals surface area contributed by atoms with Crippen molar-refractivity contribution in [2.24, 2.45) is 5.92 Å². The van der Waals surface area contributed by atoms with Crippen LogP contribution in [0.25, 0.3) is 0 Å². The molecule has 2 amide bonds. The lowest BCUT2D eigenvalue weighted by Gasteiger charge is -2.35. The zero-order chi connectivity index (χ0) is 15.6. The number of piperidine rings is 1. The van der Waals surface area contributed by atoms with Gasteiger partial charge in [0.1, 0.15) is 0 Å². The number of nitrogens with one attached hydrogen (secondary N) is 1. The summed E-state index contributed by atoms with van der Waals surface area (Å²) in [5, 5.41) is 12.9. The summed E-state index contributed by atoms with van der Waals surface area (Å²) in [5.41, 5.74) is 3.52. The molecule has 0 aromatic heterocycles. The molecule has 0 spiro atoms. The topological polar surface area (TPSA) is 52.6 Å². The summed E-state index contributed by atoms with van der Waals surface area (Å²) in [6.45, 7) is 9.28. The number of carbonyl (C=O) groups excluding carboxylic acids is 1. The molecule has 3 atom stereocenters. The number of hydrogen-bond donors (Lipinski definition) is 2. The van der Waals surface area contributed by atoms with E-state index in [1.165, 1.54) is 11.1 Å². The van der Waals surface area contributed by atoms with Gasteiger partial charge in [-0.05, 0) is 38.7 Å². The summed E-state index contributed by atoms with van der Waals surface area (Å²) in [7, 11) is 0. The Morgan fingerprint density at radius 3 is 2.52 bits per heavy atom. The van der Waals surface area contributed by atoms with Crippen molar-refractivity contribution in [2.45, 2.75) is 46.3 Å². The molecule has 0 saturated carbocycles. The predicted octanol–water partition coefficient (Wildman–Crippen LogP) is 2.78. The minimum Gasteiger partial charge on any atom is -0.391 e. The molecule has 21 heavy (non-hydrogen) atoms. The Balaban J connectivity index is 1.98. The maximum atomic E-state index is 12.3. The molecule has 0 bridgehead atoms. The Kier molecular flexibility index (Phi) is 4.88. The van der Waals surface area contributed by atoms with Crippen molar-refractivity contribution in [1.82, 2.24) is 10.2 Å². The zero-order valence-corrected chi connectivity index (χ0v) is 13.4. The number of benzene rings is 1. The number of likely N-dealkylation sites (tertiary alicyclic amines) is 1. The first-order valence-electron chi connectivity index (χ1n) is 7.68. The van der Waals surface area contributed by atoms with E-state index in [1.54, 1.807) is 4.90 Å². The molecular weight excluding hydrogens is 264 g/mol. The Labute approximate surface area is 127 Å². The van der Waals surface area contributed by atoms with Gasteiger partial charge in [0.2, 0.25) is 0 Å². The summed E-state index contributed by atoms with van der Waals surface area (Å²) in [6, 6.07) is 6.21. The second-order valence-corrected chi connectivity index (χ2v) is 6.37. The molecule has 1 fully saturated rings. The highest BCUT2D eigenvalue weighted by atomic mass is 16.3. The molecule has 1 aliphatic rings. The van der Waals surface area contributed by atoms with Crippen LogP contribution in [0, 0.1) is 19.8 Å². The van der Waals surface area contributed by atoms with Crippen molar-refractivity contribution in [3.05, 3.63) is 34.9 Å². The second kappa shape index (κ2) is 6.48. The van der Waals surface area contributed by atoms with Gasteiger partial charge < -0.3 is 15.3 Å². The Bertz CT molecular complexity index is 495. The van der Waals surface area contributed by atoms with Crippen molar-refractivity contribution in [3.63, 3.8) is 0 Å². The van der Waals surface area contributed by atoms with Crippen LogP contribution < -0.4 is 5.32 Å².